The van der Waals surface area contributed by atoms with Crippen molar-refractivity contribution in [3.8, 4) is 0 Å². The molecule has 1 aromatic carbocycles. The molecule has 1 unspecified atom stereocenters. The lowest BCUT2D eigenvalue weighted by molar-refractivity contribution is -0.139. The quantitative estimate of drug-likeness (QED) is 0.740. The van der Waals surface area contributed by atoms with Gasteiger partial charge < -0.3 is 10.4 Å². The molecule has 0 aromatic heterocycles. The van der Waals surface area contributed by atoms with Crippen LogP contribution in [0.3, 0.4) is 0 Å². The van der Waals surface area contributed by atoms with E-state index in [1.165, 1.54) is 6.20 Å². The third kappa shape index (κ3) is 2.94. The Morgan fingerprint density at radius 1 is 1.50 bits per heavy atom. The standard InChI is InChI=1S/C11H13NO2/c1-2-12-10(11(13)14)8-9-6-4-3-5-7-9/h2-7,10,12H,1,8H2,(H,13,14). The Labute approximate surface area is 83.1 Å². The van der Waals surface area contributed by atoms with Crippen LogP contribution in [0.4, 0.5) is 0 Å². The van der Waals surface area contributed by atoms with Crippen LogP contribution in [0.25, 0.3) is 0 Å². The predicted molar refractivity (Wildman–Crippen MR) is 54.9 cm³/mol. The third-order valence-electron chi connectivity index (χ3n) is 1.90. The molecule has 0 radical (unpaired) electrons. The van der Waals surface area contributed by atoms with Crippen molar-refractivity contribution in [1.82, 2.24) is 5.32 Å². The molecule has 0 aliphatic heterocycles. The van der Waals surface area contributed by atoms with Crippen LogP contribution in [0.15, 0.2) is 43.1 Å². The molecule has 0 fully saturated rings. The first kappa shape index (κ1) is 10.3. The lowest BCUT2D eigenvalue weighted by Crippen LogP contribution is -2.34. The zero-order valence-corrected chi connectivity index (χ0v) is 7.81. The van der Waals surface area contributed by atoms with Crippen molar-refractivity contribution in [2.24, 2.45) is 0 Å². The minimum atomic E-state index is -0.867. The third-order valence-corrected chi connectivity index (χ3v) is 1.90. The number of hydrogen-bond donors (Lipinski definition) is 2. The van der Waals surface area contributed by atoms with Crippen LogP contribution >= 0.6 is 0 Å². The van der Waals surface area contributed by atoms with Gasteiger partial charge in [-0.05, 0) is 11.8 Å². The molecule has 3 heteroatoms. The van der Waals surface area contributed by atoms with Gasteiger partial charge in [-0.25, -0.2) is 4.79 Å². The van der Waals surface area contributed by atoms with Gasteiger partial charge in [-0.15, -0.1) is 0 Å². The number of carboxylic acid groups (broad SMARTS) is 1. The summed E-state index contributed by atoms with van der Waals surface area (Å²) in [4.78, 5) is 10.8. The predicted octanol–water partition coefficient (Wildman–Crippen LogP) is 1.42. The van der Waals surface area contributed by atoms with Gasteiger partial charge in [-0.1, -0.05) is 36.9 Å². The average molecular weight is 191 g/mol. The molecule has 1 rings (SSSR count). The average Bonchev–Trinajstić information content (AvgIpc) is 2.18. The summed E-state index contributed by atoms with van der Waals surface area (Å²) in [7, 11) is 0. The second-order valence-corrected chi connectivity index (χ2v) is 2.95. The van der Waals surface area contributed by atoms with E-state index in [9.17, 15) is 4.79 Å². The molecule has 14 heavy (non-hydrogen) atoms. The second kappa shape index (κ2) is 5.07. The Balaban J connectivity index is 2.64. The molecule has 0 bridgehead atoms. The number of aliphatic carboxylic acids is 1. The SMILES string of the molecule is C=CNC(Cc1ccccc1)C(=O)O. The molecule has 0 heterocycles. The van der Waals surface area contributed by atoms with Crippen LogP contribution in [0.2, 0.25) is 0 Å². The Hall–Kier alpha value is -1.77. The number of carbonyl (C=O) groups is 1. The van der Waals surface area contributed by atoms with Gasteiger partial charge in [0, 0.05) is 6.42 Å². The van der Waals surface area contributed by atoms with E-state index in [2.05, 4.69) is 11.9 Å². The van der Waals surface area contributed by atoms with Crippen molar-refractivity contribution in [3.05, 3.63) is 48.7 Å². The summed E-state index contributed by atoms with van der Waals surface area (Å²) in [5, 5.41) is 11.6. The highest BCUT2D eigenvalue weighted by Gasteiger charge is 2.15. The fourth-order valence-electron chi connectivity index (χ4n) is 1.21. The van der Waals surface area contributed by atoms with Gasteiger partial charge in [0.05, 0.1) is 0 Å². The van der Waals surface area contributed by atoms with E-state index in [0.717, 1.165) is 5.56 Å². The normalized spacial score (nSPS) is 11.7. The Morgan fingerprint density at radius 2 is 2.14 bits per heavy atom. The molecule has 1 atom stereocenters. The highest BCUT2D eigenvalue weighted by molar-refractivity contribution is 5.74. The van der Waals surface area contributed by atoms with Crippen molar-refractivity contribution < 1.29 is 9.90 Å². The number of rotatable bonds is 5. The summed E-state index contributed by atoms with van der Waals surface area (Å²) in [6.07, 6.45) is 1.86. The Kier molecular flexibility index (Phi) is 3.73. The smallest absolute Gasteiger partial charge is 0.326 e. The summed E-state index contributed by atoms with van der Waals surface area (Å²) in [6.45, 7) is 3.45. The lowest BCUT2D eigenvalue weighted by Gasteiger charge is -2.11. The molecule has 3 nitrogen and oxygen atoms in total. The van der Waals surface area contributed by atoms with E-state index in [-0.39, 0.29) is 0 Å². The fraction of sp³-hybridized carbons (Fsp3) is 0.182. The monoisotopic (exact) mass is 191 g/mol. The van der Waals surface area contributed by atoms with Gasteiger partial charge in [-0.3, -0.25) is 0 Å². The maximum atomic E-state index is 10.8. The van der Waals surface area contributed by atoms with Crippen LogP contribution in [0.1, 0.15) is 5.56 Å². The van der Waals surface area contributed by atoms with Gasteiger partial charge in [0.25, 0.3) is 0 Å². The van der Waals surface area contributed by atoms with Gasteiger partial charge >= 0.3 is 5.97 Å². The highest BCUT2D eigenvalue weighted by atomic mass is 16.4. The molecule has 0 saturated heterocycles. The maximum Gasteiger partial charge on any atom is 0.326 e. The molecule has 2 N–H and O–H groups in total. The molecule has 0 aliphatic rings. The van der Waals surface area contributed by atoms with E-state index in [1.807, 2.05) is 30.3 Å². The number of benzene rings is 1. The summed E-state index contributed by atoms with van der Waals surface area (Å²) in [6, 6.07) is 8.89. The lowest BCUT2D eigenvalue weighted by atomic mass is 10.1. The zero-order chi connectivity index (χ0) is 10.4. The molecule has 0 saturated carbocycles. The van der Waals surface area contributed by atoms with Crippen molar-refractivity contribution in [1.29, 1.82) is 0 Å². The van der Waals surface area contributed by atoms with E-state index >= 15 is 0 Å². The minimum Gasteiger partial charge on any atom is -0.480 e. The van der Waals surface area contributed by atoms with E-state index < -0.39 is 12.0 Å². The summed E-state index contributed by atoms with van der Waals surface area (Å²) >= 11 is 0. The van der Waals surface area contributed by atoms with E-state index in [1.54, 1.807) is 0 Å². The topological polar surface area (TPSA) is 49.3 Å². The maximum absolute atomic E-state index is 10.8. The van der Waals surface area contributed by atoms with Crippen molar-refractivity contribution in [2.45, 2.75) is 12.5 Å². The summed E-state index contributed by atoms with van der Waals surface area (Å²) in [5.74, 6) is -0.867. The number of hydrogen-bond acceptors (Lipinski definition) is 2. The largest absolute Gasteiger partial charge is 0.480 e. The first-order chi connectivity index (χ1) is 6.74. The fourth-order valence-corrected chi connectivity index (χ4v) is 1.21. The van der Waals surface area contributed by atoms with Gasteiger partial charge in [-0.2, -0.15) is 0 Å². The first-order valence-electron chi connectivity index (χ1n) is 4.37. The van der Waals surface area contributed by atoms with Crippen LogP contribution in [-0.4, -0.2) is 17.1 Å². The van der Waals surface area contributed by atoms with Crippen LogP contribution < -0.4 is 5.32 Å². The second-order valence-electron chi connectivity index (χ2n) is 2.95. The van der Waals surface area contributed by atoms with E-state index in [4.69, 9.17) is 5.11 Å². The van der Waals surface area contributed by atoms with Crippen LogP contribution in [-0.2, 0) is 11.2 Å². The zero-order valence-electron chi connectivity index (χ0n) is 7.81. The van der Waals surface area contributed by atoms with Crippen molar-refractivity contribution in [3.63, 3.8) is 0 Å². The van der Waals surface area contributed by atoms with Crippen LogP contribution in [0.5, 0.6) is 0 Å². The first-order valence-corrected chi connectivity index (χ1v) is 4.37. The molecular formula is C11H13NO2. The van der Waals surface area contributed by atoms with Gasteiger partial charge in [0.2, 0.25) is 0 Å². The Morgan fingerprint density at radius 3 is 2.64 bits per heavy atom. The minimum absolute atomic E-state index is 0.461. The van der Waals surface area contributed by atoms with E-state index in [0.29, 0.717) is 6.42 Å². The Bertz CT molecular complexity index is 308. The molecule has 74 valence electrons. The molecule has 0 amide bonds. The summed E-state index contributed by atoms with van der Waals surface area (Å²) < 4.78 is 0. The number of carboxylic acids is 1. The van der Waals surface area contributed by atoms with Crippen molar-refractivity contribution >= 4 is 5.97 Å². The van der Waals surface area contributed by atoms with Crippen LogP contribution in [0, 0.1) is 0 Å². The van der Waals surface area contributed by atoms with Gasteiger partial charge in [0.1, 0.15) is 6.04 Å². The van der Waals surface area contributed by atoms with Crippen molar-refractivity contribution in [2.75, 3.05) is 0 Å². The molecule has 0 aliphatic carbocycles. The molecular weight excluding hydrogens is 178 g/mol. The molecule has 0 spiro atoms. The highest BCUT2D eigenvalue weighted by Crippen LogP contribution is 2.03. The summed E-state index contributed by atoms with van der Waals surface area (Å²) in [5.41, 5.74) is 0.995. The van der Waals surface area contributed by atoms with Gasteiger partial charge in [0.15, 0.2) is 0 Å². The number of nitrogens with one attached hydrogen (secondary N) is 1. The molecule has 1 aromatic rings.